The number of nitrogens with zero attached hydrogens (tertiary/aromatic N) is 3. The molecule has 1 aromatic rings. The number of nitrogen functional groups attached to an aromatic ring is 2. The predicted octanol–water partition coefficient (Wildman–Crippen LogP) is 0.0154. The van der Waals surface area contributed by atoms with Crippen LogP contribution in [0, 0.1) is 6.92 Å². The molecule has 0 atom stereocenters. The Kier molecular flexibility index (Phi) is 2.03. The predicted molar refractivity (Wildman–Crippen MR) is 49.9 cm³/mol. The van der Waals surface area contributed by atoms with Gasteiger partial charge in [0.15, 0.2) is 11.6 Å². The van der Waals surface area contributed by atoms with Crippen molar-refractivity contribution in [1.82, 2.24) is 9.97 Å². The number of nitrogens with two attached hydrogens (primary N) is 2. The average Bonchev–Trinajstić information content (AvgIpc) is 1.96. The van der Waals surface area contributed by atoms with Crippen LogP contribution in [-0.2, 0) is 0 Å². The minimum absolute atomic E-state index is 0.339. The van der Waals surface area contributed by atoms with Gasteiger partial charge in [-0.3, -0.25) is 0 Å². The Morgan fingerprint density at radius 2 is 1.75 bits per heavy atom. The lowest BCUT2D eigenvalue weighted by molar-refractivity contribution is 0.998. The minimum atomic E-state index is 0.339. The molecule has 5 heteroatoms. The quantitative estimate of drug-likeness (QED) is 0.616. The number of anilines is 3. The van der Waals surface area contributed by atoms with Gasteiger partial charge in [0.2, 0.25) is 0 Å². The fraction of sp³-hybridized carbons (Fsp3) is 0.429. The van der Waals surface area contributed by atoms with Crippen LogP contribution in [0.4, 0.5) is 17.3 Å². The molecule has 0 aromatic carbocycles. The molecule has 0 saturated carbocycles. The van der Waals surface area contributed by atoms with Gasteiger partial charge in [-0.05, 0) is 6.92 Å². The van der Waals surface area contributed by atoms with Crippen molar-refractivity contribution in [3.8, 4) is 0 Å². The van der Waals surface area contributed by atoms with Gasteiger partial charge in [0.25, 0.3) is 0 Å². The SMILES string of the molecule is Cc1nc(N)c(N)c(N(C)C)n1. The average molecular weight is 167 g/mol. The highest BCUT2D eigenvalue weighted by molar-refractivity contribution is 5.73. The molecule has 1 aromatic heterocycles. The zero-order chi connectivity index (χ0) is 9.30. The van der Waals surface area contributed by atoms with E-state index in [4.69, 9.17) is 11.5 Å². The summed E-state index contributed by atoms with van der Waals surface area (Å²) in [6.45, 7) is 1.78. The smallest absolute Gasteiger partial charge is 0.157 e. The molecule has 4 N–H and O–H groups in total. The zero-order valence-corrected chi connectivity index (χ0v) is 7.50. The monoisotopic (exact) mass is 167 g/mol. The van der Waals surface area contributed by atoms with E-state index < -0.39 is 0 Å². The van der Waals surface area contributed by atoms with Gasteiger partial charge in [0.05, 0.1) is 0 Å². The van der Waals surface area contributed by atoms with E-state index in [9.17, 15) is 0 Å². The van der Waals surface area contributed by atoms with Crippen LogP contribution in [0.1, 0.15) is 5.82 Å². The van der Waals surface area contributed by atoms with Gasteiger partial charge in [0, 0.05) is 14.1 Å². The lowest BCUT2D eigenvalue weighted by Crippen LogP contribution is -2.15. The van der Waals surface area contributed by atoms with Crippen LogP contribution in [0.3, 0.4) is 0 Å². The van der Waals surface area contributed by atoms with Gasteiger partial charge >= 0.3 is 0 Å². The Balaban J connectivity index is 3.28. The number of aryl methyl sites for hydroxylation is 1. The summed E-state index contributed by atoms with van der Waals surface area (Å²) >= 11 is 0. The van der Waals surface area contributed by atoms with Crippen LogP contribution in [-0.4, -0.2) is 24.1 Å². The van der Waals surface area contributed by atoms with Crippen molar-refractivity contribution in [2.24, 2.45) is 0 Å². The molecule has 1 rings (SSSR count). The summed E-state index contributed by atoms with van der Waals surface area (Å²) in [6, 6.07) is 0. The second-order valence-electron chi connectivity index (χ2n) is 2.79. The Morgan fingerprint density at radius 3 is 2.25 bits per heavy atom. The summed E-state index contributed by atoms with van der Waals surface area (Å²) in [7, 11) is 3.72. The standard InChI is InChI=1S/C7H13N5/c1-4-10-6(9)5(8)7(11-4)12(2)3/h8H2,1-3H3,(H2,9,10,11). The van der Waals surface area contributed by atoms with Crippen LogP contribution in [0.25, 0.3) is 0 Å². The Bertz CT molecular complexity index is 294. The van der Waals surface area contributed by atoms with Crippen molar-refractivity contribution in [3.63, 3.8) is 0 Å². The molecule has 66 valence electrons. The minimum Gasteiger partial charge on any atom is -0.393 e. The second kappa shape index (κ2) is 2.84. The van der Waals surface area contributed by atoms with Crippen molar-refractivity contribution in [1.29, 1.82) is 0 Å². The third-order valence-corrected chi connectivity index (χ3v) is 1.49. The summed E-state index contributed by atoms with van der Waals surface area (Å²) in [5.74, 6) is 1.64. The number of hydrogen-bond donors (Lipinski definition) is 2. The van der Waals surface area contributed by atoms with E-state index in [0.29, 0.717) is 23.1 Å². The van der Waals surface area contributed by atoms with E-state index in [1.807, 2.05) is 14.1 Å². The van der Waals surface area contributed by atoms with E-state index in [2.05, 4.69) is 9.97 Å². The highest BCUT2D eigenvalue weighted by atomic mass is 15.2. The summed E-state index contributed by atoms with van der Waals surface area (Å²) in [6.07, 6.45) is 0. The molecule has 0 bridgehead atoms. The molecule has 0 unspecified atom stereocenters. The summed E-state index contributed by atoms with van der Waals surface area (Å²) < 4.78 is 0. The molecule has 0 aliphatic heterocycles. The van der Waals surface area contributed by atoms with Gasteiger partial charge in [0.1, 0.15) is 11.5 Å². The van der Waals surface area contributed by atoms with Crippen LogP contribution < -0.4 is 16.4 Å². The molecular weight excluding hydrogens is 154 g/mol. The third kappa shape index (κ3) is 1.39. The summed E-state index contributed by atoms with van der Waals surface area (Å²) in [5, 5.41) is 0. The highest BCUT2D eigenvalue weighted by Gasteiger charge is 2.08. The van der Waals surface area contributed by atoms with Crippen molar-refractivity contribution >= 4 is 17.3 Å². The lowest BCUT2D eigenvalue weighted by atomic mass is 10.4. The van der Waals surface area contributed by atoms with Gasteiger partial charge in [-0.25, -0.2) is 9.97 Å². The fourth-order valence-electron chi connectivity index (χ4n) is 0.928. The molecule has 0 aliphatic rings. The van der Waals surface area contributed by atoms with Gasteiger partial charge in [-0.2, -0.15) is 0 Å². The molecule has 5 nitrogen and oxygen atoms in total. The molecule has 0 fully saturated rings. The molecule has 12 heavy (non-hydrogen) atoms. The molecule has 0 radical (unpaired) electrons. The van der Waals surface area contributed by atoms with Crippen LogP contribution >= 0.6 is 0 Å². The van der Waals surface area contributed by atoms with Crippen LogP contribution in [0.5, 0.6) is 0 Å². The van der Waals surface area contributed by atoms with Crippen molar-refractivity contribution in [3.05, 3.63) is 5.82 Å². The summed E-state index contributed by atoms with van der Waals surface area (Å²) in [5.41, 5.74) is 11.7. The van der Waals surface area contributed by atoms with Crippen molar-refractivity contribution < 1.29 is 0 Å². The maximum atomic E-state index is 5.66. The van der Waals surface area contributed by atoms with Gasteiger partial charge in [-0.15, -0.1) is 0 Å². The van der Waals surface area contributed by atoms with Crippen molar-refractivity contribution in [2.45, 2.75) is 6.92 Å². The molecule has 0 aliphatic carbocycles. The first-order valence-electron chi connectivity index (χ1n) is 3.59. The Labute approximate surface area is 71.4 Å². The molecule has 1 heterocycles. The third-order valence-electron chi connectivity index (χ3n) is 1.49. The first kappa shape index (κ1) is 8.58. The van der Waals surface area contributed by atoms with Crippen molar-refractivity contribution in [2.75, 3.05) is 30.5 Å². The maximum Gasteiger partial charge on any atom is 0.157 e. The van der Waals surface area contributed by atoms with Gasteiger partial charge < -0.3 is 16.4 Å². The first-order valence-corrected chi connectivity index (χ1v) is 3.59. The molecule has 0 saturated heterocycles. The maximum absolute atomic E-state index is 5.66. The topological polar surface area (TPSA) is 81.1 Å². The summed E-state index contributed by atoms with van der Waals surface area (Å²) in [4.78, 5) is 9.88. The van der Waals surface area contributed by atoms with Crippen LogP contribution in [0.15, 0.2) is 0 Å². The number of hydrogen-bond acceptors (Lipinski definition) is 5. The normalized spacial score (nSPS) is 9.92. The lowest BCUT2D eigenvalue weighted by Gasteiger charge is -2.14. The van der Waals surface area contributed by atoms with E-state index >= 15 is 0 Å². The van der Waals surface area contributed by atoms with E-state index in [0.717, 1.165) is 0 Å². The first-order chi connectivity index (χ1) is 5.52. The number of rotatable bonds is 1. The van der Waals surface area contributed by atoms with Crippen LogP contribution in [0.2, 0.25) is 0 Å². The molecule has 0 spiro atoms. The fourth-order valence-corrected chi connectivity index (χ4v) is 0.928. The van der Waals surface area contributed by atoms with E-state index in [1.54, 1.807) is 11.8 Å². The second-order valence-corrected chi connectivity index (χ2v) is 2.79. The Morgan fingerprint density at radius 1 is 1.17 bits per heavy atom. The van der Waals surface area contributed by atoms with Gasteiger partial charge in [-0.1, -0.05) is 0 Å². The van der Waals surface area contributed by atoms with E-state index in [-0.39, 0.29) is 0 Å². The highest BCUT2D eigenvalue weighted by Crippen LogP contribution is 2.22. The number of aromatic nitrogens is 2. The largest absolute Gasteiger partial charge is 0.393 e. The van der Waals surface area contributed by atoms with E-state index in [1.165, 1.54) is 0 Å². The molecular formula is C7H13N5. The Hall–Kier alpha value is -1.52. The molecule has 0 amide bonds. The zero-order valence-electron chi connectivity index (χ0n) is 7.50.